The number of halogens is 1. The second-order valence-electron chi connectivity index (χ2n) is 8.86. The predicted molar refractivity (Wildman–Crippen MR) is 124 cm³/mol. The van der Waals surface area contributed by atoms with Gasteiger partial charge in [-0.1, -0.05) is 41.1 Å². The molecule has 5 rings (SSSR count). The highest BCUT2D eigenvalue weighted by Gasteiger charge is 2.47. The van der Waals surface area contributed by atoms with Gasteiger partial charge in [0.2, 0.25) is 0 Å². The Labute approximate surface area is 187 Å². The second kappa shape index (κ2) is 6.76. The number of fused-ring (bicyclic) bond motifs is 1. The molecule has 5 nitrogen and oxygen atoms in total. The molecular weight excluding hydrogens is 458 g/mol. The van der Waals surface area contributed by atoms with Gasteiger partial charge in [-0.15, -0.1) is 0 Å². The number of benzene rings is 2. The van der Waals surface area contributed by atoms with Crippen LogP contribution in [0.2, 0.25) is 0 Å². The molecule has 0 radical (unpaired) electrons. The monoisotopic (exact) mass is 477 g/mol. The number of rotatable bonds is 2. The molecule has 2 aliphatic heterocycles. The van der Waals surface area contributed by atoms with E-state index >= 15 is 0 Å². The van der Waals surface area contributed by atoms with E-state index in [-0.39, 0.29) is 22.9 Å². The molecule has 0 saturated heterocycles. The number of para-hydroxylation sites is 1. The van der Waals surface area contributed by atoms with E-state index in [1.165, 1.54) is 12.1 Å². The van der Waals surface area contributed by atoms with Crippen LogP contribution in [0.3, 0.4) is 0 Å². The van der Waals surface area contributed by atoms with Crippen LogP contribution in [0.15, 0.2) is 62.2 Å². The number of ketones is 1. The lowest BCUT2D eigenvalue weighted by atomic mass is 9.80. The number of carbonyl (C=O) groups is 2. The van der Waals surface area contributed by atoms with Gasteiger partial charge in [0.25, 0.3) is 5.91 Å². The van der Waals surface area contributed by atoms with Crippen LogP contribution < -0.4 is 10.5 Å². The Balaban J connectivity index is 1.68. The van der Waals surface area contributed by atoms with Crippen LogP contribution in [-0.4, -0.2) is 17.2 Å². The van der Waals surface area contributed by atoms with Gasteiger partial charge in [0, 0.05) is 21.0 Å². The minimum Gasteiger partial charge on any atom is -0.422 e. The molecular formula is C25H20BrNO4. The minimum atomic E-state index is -0.712. The molecule has 6 heteroatoms. The number of anilines is 1. The second-order valence-corrected chi connectivity index (χ2v) is 9.77. The van der Waals surface area contributed by atoms with E-state index in [0.29, 0.717) is 22.1 Å². The van der Waals surface area contributed by atoms with Gasteiger partial charge in [-0.3, -0.25) is 9.59 Å². The van der Waals surface area contributed by atoms with E-state index in [0.717, 1.165) is 22.1 Å². The summed E-state index contributed by atoms with van der Waals surface area (Å²) in [6.45, 7) is 6.23. The molecule has 1 amide bonds. The number of allylic oxidation sites excluding steroid dienone is 1. The lowest BCUT2D eigenvalue weighted by Crippen LogP contribution is -2.49. The number of amides is 1. The van der Waals surface area contributed by atoms with Gasteiger partial charge in [-0.2, -0.15) is 0 Å². The molecule has 0 saturated carbocycles. The molecule has 0 N–H and O–H groups in total. The average molecular weight is 478 g/mol. The molecule has 0 bridgehead atoms. The number of hydrogen-bond donors (Lipinski definition) is 0. The van der Waals surface area contributed by atoms with Crippen molar-refractivity contribution in [2.45, 2.75) is 38.6 Å². The van der Waals surface area contributed by atoms with E-state index in [4.69, 9.17) is 4.42 Å². The average Bonchev–Trinajstić information content (AvgIpc) is 2.98. The molecule has 1 aromatic heterocycles. The maximum atomic E-state index is 13.5. The first kappa shape index (κ1) is 19.9. The van der Waals surface area contributed by atoms with Crippen LogP contribution in [0.25, 0.3) is 16.5 Å². The minimum absolute atomic E-state index is 0.0864. The highest BCUT2D eigenvalue weighted by molar-refractivity contribution is 9.10. The van der Waals surface area contributed by atoms with Crippen LogP contribution in [0, 0.1) is 0 Å². The molecule has 0 spiro atoms. The van der Waals surface area contributed by atoms with Crippen LogP contribution in [0.4, 0.5) is 5.69 Å². The zero-order valence-electron chi connectivity index (χ0n) is 17.4. The van der Waals surface area contributed by atoms with Crippen molar-refractivity contribution in [2.24, 2.45) is 0 Å². The van der Waals surface area contributed by atoms with Gasteiger partial charge in [0.15, 0.2) is 5.78 Å². The van der Waals surface area contributed by atoms with Gasteiger partial charge in [-0.25, -0.2) is 4.79 Å². The van der Waals surface area contributed by atoms with Gasteiger partial charge >= 0.3 is 5.63 Å². The topological polar surface area (TPSA) is 67.6 Å². The number of nitrogens with zero attached hydrogens (tertiary/aromatic N) is 1. The van der Waals surface area contributed by atoms with Gasteiger partial charge in [0.05, 0.1) is 11.3 Å². The van der Waals surface area contributed by atoms with Crippen molar-refractivity contribution in [1.29, 1.82) is 0 Å². The Morgan fingerprint density at radius 1 is 1.19 bits per heavy atom. The first-order chi connectivity index (χ1) is 14.7. The summed E-state index contributed by atoms with van der Waals surface area (Å²) in [5.41, 5.74) is 2.20. The Kier molecular flexibility index (Phi) is 4.35. The molecule has 3 aromatic rings. The fourth-order valence-electron chi connectivity index (χ4n) is 4.90. The highest BCUT2D eigenvalue weighted by atomic mass is 79.9. The van der Waals surface area contributed by atoms with Crippen molar-refractivity contribution in [1.82, 2.24) is 0 Å². The van der Waals surface area contributed by atoms with E-state index in [1.54, 1.807) is 23.1 Å². The van der Waals surface area contributed by atoms with Crippen molar-refractivity contribution in [3.63, 3.8) is 0 Å². The molecule has 2 aromatic carbocycles. The third kappa shape index (κ3) is 3.00. The Morgan fingerprint density at radius 3 is 2.71 bits per heavy atom. The molecule has 1 unspecified atom stereocenters. The molecule has 3 heterocycles. The van der Waals surface area contributed by atoms with Gasteiger partial charge < -0.3 is 9.32 Å². The summed E-state index contributed by atoms with van der Waals surface area (Å²) in [7, 11) is 0. The third-order valence-electron chi connectivity index (χ3n) is 6.18. The van der Waals surface area contributed by atoms with Crippen molar-refractivity contribution in [3.05, 3.63) is 80.1 Å². The van der Waals surface area contributed by atoms with Gasteiger partial charge in [0.1, 0.15) is 11.1 Å². The summed E-state index contributed by atoms with van der Waals surface area (Å²) in [5, 5.41) is 0.654. The molecule has 0 aliphatic carbocycles. The molecule has 2 aliphatic rings. The van der Waals surface area contributed by atoms with Gasteiger partial charge in [-0.05, 0) is 62.1 Å². The first-order valence-corrected chi connectivity index (χ1v) is 10.9. The standard InChI is InChI=1S/C25H20BrNO4/c1-13-12-25(2,3)27-22-16(13)9-15(26)10-17(22)18(23(27)29)11-20(28)19-8-14-6-4-5-7-21(14)31-24(19)30/h4-11,13H,12H2,1-3H3/b18-11-. The fraction of sp³-hybridized carbons (Fsp3) is 0.240. The van der Waals surface area contributed by atoms with Crippen LogP contribution in [0.5, 0.6) is 0 Å². The SMILES string of the molecule is CC1CC(C)(C)N2C(=O)/C(=C\C(=O)c3cc4ccccc4oc3=O)c3cc(Br)cc1c32. The van der Waals surface area contributed by atoms with Crippen LogP contribution in [0.1, 0.15) is 54.6 Å². The molecule has 31 heavy (non-hydrogen) atoms. The third-order valence-corrected chi connectivity index (χ3v) is 6.63. The summed E-state index contributed by atoms with van der Waals surface area (Å²) < 4.78 is 6.16. The fourth-order valence-corrected chi connectivity index (χ4v) is 5.37. The van der Waals surface area contributed by atoms with Crippen LogP contribution in [-0.2, 0) is 4.79 Å². The summed E-state index contributed by atoms with van der Waals surface area (Å²) in [6, 6.07) is 12.5. The maximum absolute atomic E-state index is 13.5. The molecule has 1 atom stereocenters. The van der Waals surface area contributed by atoms with E-state index < -0.39 is 11.4 Å². The van der Waals surface area contributed by atoms with Crippen molar-refractivity contribution in [3.8, 4) is 0 Å². The van der Waals surface area contributed by atoms with Crippen LogP contribution >= 0.6 is 15.9 Å². The smallest absolute Gasteiger partial charge is 0.347 e. The largest absolute Gasteiger partial charge is 0.422 e. The zero-order valence-corrected chi connectivity index (χ0v) is 18.9. The highest BCUT2D eigenvalue weighted by Crippen LogP contribution is 2.52. The zero-order chi connectivity index (χ0) is 22.1. The lowest BCUT2D eigenvalue weighted by Gasteiger charge is -2.43. The van der Waals surface area contributed by atoms with E-state index in [2.05, 4.69) is 22.9 Å². The summed E-state index contributed by atoms with van der Waals surface area (Å²) >= 11 is 3.55. The number of hydrogen-bond acceptors (Lipinski definition) is 4. The summed E-state index contributed by atoms with van der Waals surface area (Å²) in [5.74, 6) is -0.486. The Morgan fingerprint density at radius 2 is 1.94 bits per heavy atom. The van der Waals surface area contributed by atoms with E-state index in [9.17, 15) is 14.4 Å². The van der Waals surface area contributed by atoms with Crippen molar-refractivity contribution in [2.75, 3.05) is 4.90 Å². The first-order valence-electron chi connectivity index (χ1n) is 10.1. The van der Waals surface area contributed by atoms with Crippen molar-refractivity contribution >= 4 is 49.9 Å². The quantitative estimate of drug-likeness (QED) is 0.279. The van der Waals surface area contributed by atoms with Crippen molar-refractivity contribution < 1.29 is 14.0 Å². The number of carbonyl (C=O) groups excluding carboxylic acids is 2. The normalized spacial score (nSPS) is 20.4. The molecule has 156 valence electrons. The molecule has 0 fully saturated rings. The Bertz CT molecular complexity index is 1380. The summed E-state index contributed by atoms with van der Waals surface area (Å²) in [4.78, 5) is 40.8. The maximum Gasteiger partial charge on any atom is 0.347 e. The van der Waals surface area contributed by atoms with E-state index in [1.807, 2.05) is 32.0 Å². The summed E-state index contributed by atoms with van der Waals surface area (Å²) in [6.07, 6.45) is 2.10. The Hall–Kier alpha value is -2.99. The predicted octanol–water partition coefficient (Wildman–Crippen LogP) is 5.45. The lowest BCUT2D eigenvalue weighted by molar-refractivity contribution is -0.114.